The van der Waals surface area contributed by atoms with Crippen molar-refractivity contribution < 1.29 is 9.21 Å². The first-order valence-electron chi connectivity index (χ1n) is 6.29. The van der Waals surface area contributed by atoms with Crippen molar-refractivity contribution in [3.63, 3.8) is 0 Å². The Kier molecular flexibility index (Phi) is 3.45. The molecule has 0 unspecified atom stereocenters. The van der Waals surface area contributed by atoms with E-state index in [1.54, 1.807) is 12.3 Å². The largest absolute Gasteiger partial charge is 0.444 e. The van der Waals surface area contributed by atoms with E-state index < -0.39 is 0 Å². The van der Waals surface area contributed by atoms with Gasteiger partial charge in [0.1, 0.15) is 0 Å². The number of nitrogens with one attached hydrogen (secondary N) is 1. The number of hydrogen-bond acceptors (Lipinski definition) is 5. The molecule has 0 saturated heterocycles. The predicted molar refractivity (Wildman–Crippen MR) is 83.4 cm³/mol. The molecule has 5 nitrogen and oxygen atoms in total. The monoisotopic (exact) mass is 299 g/mol. The molecule has 0 bridgehead atoms. The van der Waals surface area contributed by atoms with E-state index in [4.69, 9.17) is 10.2 Å². The van der Waals surface area contributed by atoms with Gasteiger partial charge in [0.25, 0.3) is 5.91 Å². The maximum Gasteiger partial charge on any atom is 0.265 e. The van der Waals surface area contributed by atoms with Gasteiger partial charge < -0.3 is 15.5 Å². The number of benzene rings is 1. The Labute approximate surface area is 125 Å². The normalized spacial score (nSPS) is 10.5. The van der Waals surface area contributed by atoms with E-state index >= 15 is 0 Å². The highest BCUT2D eigenvalue weighted by molar-refractivity contribution is 7.14. The molecule has 6 heteroatoms. The molecule has 3 aromatic rings. The molecular weight excluding hydrogens is 286 g/mol. The van der Waals surface area contributed by atoms with Crippen LogP contribution in [0.5, 0.6) is 0 Å². The summed E-state index contributed by atoms with van der Waals surface area (Å²) in [5.74, 6) is 0.483. The zero-order valence-electron chi connectivity index (χ0n) is 11.3. The van der Waals surface area contributed by atoms with E-state index in [0.717, 1.165) is 10.4 Å². The number of anilines is 2. The number of nitrogens with zero attached hydrogens (tertiary/aromatic N) is 1. The molecule has 0 atom stereocenters. The molecule has 21 heavy (non-hydrogen) atoms. The maximum atomic E-state index is 12.2. The molecule has 3 rings (SSSR count). The molecule has 0 aliphatic rings. The average molecular weight is 299 g/mol. The van der Waals surface area contributed by atoms with Crippen LogP contribution >= 0.6 is 11.3 Å². The number of rotatable bonds is 3. The van der Waals surface area contributed by atoms with Crippen molar-refractivity contribution in [2.24, 2.45) is 0 Å². The Hall–Kier alpha value is -2.60. The smallest absolute Gasteiger partial charge is 0.265 e. The molecule has 1 aromatic carbocycles. The molecule has 0 fully saturated rings. The zero-order chi connectivity index (χ0) is 14.8. The summed E-state index contributed by atoms with van der Waals surface area (Å²) in [6, 6.07) is 9.09. The maximum absolute atomic E-state index is 12.2. The summed E-state index contributed by atoms with van der Waals surface area (Å²) in [5, 5.41) is 2.85. The third-order valence-corrected chi connectivity index (χ3v) is 4.08. The molecular formula is C15H13N3O2S. The van der Waals surface area contributed by atoms with Crippen LogP contribution in [0.2, 0.25) is 0 Å². The molecule has 0 aliphatic heterocycles. The Morgan fingerprint density at radius 3 is 2.90 bits per heavy atom. The van der Waals surface area contributed by atoms with Gasteiger partial charge in [-0.2, -0.15) is 0 Å². The molecule has 2 heterocycles. The summed E-state index contributed by atoms with van der Waals surface area (Å²) < 4.78 is 5.24. The van der Waals surface area contributed by atoms with Gasteiger partial charge in [-0.15, -0.1) is 11.3 Å². The van der Waals surface area contributed by atoms with Crippen LogP contribution in [0.3, 0.4) is 0 Å². The summed E-state index contributed by atoms with van der Waals surface area (Å²) in [6.45, 7) is 1.89. The van der Waals surface area contributed by atoms with Crippen molar-refractivity contribution in [2.45, 2.75) is 6.92 Å². The van der Waals surface area contributed by atoms with Crippen LogP contribution in [-0.4, -0.2) is 10.9 Å². The van der Waals surface area contributed by atoms with E-state index in [2.05, 4.69) is 10.3 Å². The van der Waals surface area contributed by atoms with Gasteiger partial charge in [0, 0.05) is 21.8 Å². The van der Waals surface area contributed by atoms with Crippen molar-refractivity contribution in [3.8, 4) is 11.3 Å². The second kappa shape index (κ2) is 5.41. The molecule has 3 N–H and O–H groups in total. The minimum atomic E-state index is -0.172. The van der Waals surface area contributed by atoms with Crippen molar-refractivity contribution >= 4 is 28.6 Å². The number of nitrogens with two attached hydrogens (primary N) is 1. The van der Waals surface area contributed by atoms with Crippen LogP contribution in [0.15, 0.2) is 47.3 Å². The molecule has 2 aromatic heterocycles. The van der Waals surface area contributed by atoms with Gasteiger partial charge in [-0.3, -0.25) is 4.79 Å². The Morgan fingerprint density at radius 2 is 2.24 bits per heavy atom. The lowest BCUT2D eigenvalue weighted by molar-refractivity contribution is 0.103. The first-order chi connectivity index (χ1) is 10.1. The number of amides is 1. The van der Waals surface area contributed by atoms with Crippen LogP contribution in [0.1, 0.15) is 14.5 Å². The zero-order valence-corrected chi connectivity index (χ0v) is 12.1. The fourth-order valence-electron chi connectivity index (χ4n) is 1.91. The number of thiophene rings is 1. The van der Waals surface area contributed by atoms with Crippen LogP contribution < -0.4 is 11.1 Å². The van der Waals surface area contributed by atoms with Crippen LogP contribution in [0.25, 0.3) is 11.3 Å². The number of aromatic nitrogens is 1. The second-order valence-electron chi connectivity index (χ2n) is 4.52. The van der Waals surface area contributed by atoms with Crippen molar-refractivity contribution in [1.29, 1.82) is 0 Å². The van der Waals surface area contributed by atoms with Gasteiger partial charge in [0.15, 0.2) is 12.2 Å². The molecule has 1 amide bonds. The highest BCUT2D eigenvalue weighted by atomic mass is 32.1. The summed E-state index contributed by atoms with van der Waals surface area (Å²) in [5.41, 5.74) is 7.96. The van der Waals surface area contributed by atoms with Crippen molar-refractivity contribution in [3.05, 3.63) is 52.7 Å². The Bertz CT molecular complexity index is 759. The van der Waals surface area contributed by atoms with Gasteiger partial charge in [-0.25, -0.2) is 4.98 Å². The number of hydrogen-bond donors (Lipinski definition) is 2. The molecule has 0 saturated carbocycles. The number of nitrogen functional groups attached to an aromatic ring is 1. The minimum absolute atomic E-state index is 0.172. The first kappa shape index (κ1) is 13.4. The van der Waals surface area contributed by atoms with E-state index in [9.17, 15) is 4.79 Å². The average Bonchev–Trinajstić information content (AvgIpc) is 3.10. The molecule has 0 radical (unpaired) electrons. The summed E-state index contributed by atoms with van der Waals surface area (Å²) in [4.78, 5) is 17.6. The lowest BCUT2D eigenvalue weighted by Crippen LogP contribution is -2.10. The van der Waals surface area contributed by atoms with Crippen molar-refractivity contribution in [2.75, 3.05) is 11.1 Å². The lowest BCUT2D eigenvalue weighted by Gasteiger charge is -2.05. The standard InChI is InChI=1S/C15H13N3O2S/c1-9-12(16)6-14(21-9)15(19)18-11-4-2-3-10(5-11)13-7-17-8-20-13/h2-8H,16H2,1H3,(H,18,19). The van der Waals surface area contributed by atoms with E-state index in [1.807, 2.05) is 31.2 Å². The van der Waals surface area contributed by atoms with Gasteiger partial charge in [-0.05, 0) is 25.1 Å². The topological polar surface area (TPSA) is 81.2 Å². The van der Waals surface area contributed by atoms with Gasteiger partial charge in [0.05, 0.1) is 11.1 Å². The third-order valence-electron chi connectivity index (χ3n) is 3.02. The van der Waals surface area contributed by atoms with Crippen molar-refractivity contribution in [1.82, 2.24) is 4.98 Å². The minimum Gasteiger partial charge on any atom is -0.444 e. The third kappa shape index (κ3) is 2.80. The SMILES string of the molecule is Cc1sc(C(=O)Nc2cccc(-c3cnco3)c2)cc1N. The predicted octanol–water partition coefficient (Wildman–Crippen LogP) is 3.55. The summed E-state index contributed by atoms with van der Waals surface area (Å²) >= 11 is 1.38. The Balaban J connectivity index is 1.82. The number of aryl methyl sites for hydroxylation is 1. The summed E-state index contributed by atoms with van der Waals surface area (Å²) in [7, 11) is 0. The highest BCUT2D eigenvalue weighted by Gasteiger charge is 2.12. The molecule has 0 spiro atoms. The quantitative estimate of drug-likeness (QED) is 0.775. The lowest BCUT2D eigenvalue weighted by atomic mass is 10.1. The first-order valence-corrected chi connectivity index (χ1v) is 7.11. The second-order valence-corrected chi connectivity index (χ2v) is 5.78. The van der Waals surface area contributed by atoms with E-state index in [0.29, 0.717) is 22.0 Å². The number of carbonyl (C=O) groups is 1. The fourth-order valence-corrected chi connectivity index (χ4v) is 2.75. The molecule has 106 valence electrons. The van der Waals surface area contributed by atoms with E-state index in [-0.39, 0.29) is 5.91 Å². The summed E-state index contributed by atoms with van der Waals surface area (Å²) in [6.07, 6.45) is 3.00. The van der Waals surface area contributed by atoms with Gasteiger partial charge in [0.2, 0.25) is 0 Å². The van der Waals surface area contributed by atoms with Crippen LogP contribution in [0.4, 0.5) is 11.4 Å². The van der Waals surface area contributed by atoms with Gasteiger partial charge >= 0.3 is 0 Å². The van der Waals surface area contributed by atoms with E-state index in [1.165, 1.54) is 17.7 Å². The molecule has 0 aliphatic carbocycles. The van der Waals surface area contributed by atoms with Crippen LogP contribution in [-0.2, 0) is 0 Å². The fraction of sp³-hybridized carbons (Fsp3) is 0.0667. The van der Waals surface area contributed by atoms with Crippen LogP contribution in [0, 0.1) is 6.92 Å². The number of carbonyl (C=O) groups excluding carboxylic acids is 1. The number of oxazole rings is 1. The van der Waals surface area contributed by atoms with Gasteiger partial charge in [-0.1, -0.05) is 12.1 Å². The highest BCUT2D eigenvalue weighted by Crippen LogP contribution is 2.26. The Morgan fingerprint density at radius 1 is 1.38 bits per heavy atom.